The van der Waals surface area contributed by atoms with Gasteiger partial charge in [-0.05, 0) is 36.6 Å². The van der Waals surface area contributed by atoms with E-state index in [4.69, 9.17) is 0 Å². The molecule has 1 atom stereocenters. The highest BCUT2D eigenvalue weighted by molar-refractivity contribution is 5.41. The summed E-state index contributed by atoms with van der Waals surface area (Å²) in [7, 11) is 4.05. The molecule has 3 rings (SSSR count). The van der Waals surface area contributed by atoms with Crippen molar-refractivity contribution in [3.8, 4) is 0 Å². The van der Waals surface area contributed by atoms with Crippen LogP contribution in [0.5, 0.6) is 0 Å². The fourth-order valence-electron chi connectivity index (χ4n) is 2.82. The fraction of sp³-hybridized carbons (Fsp3) is 0.438. The minimum absolute atomic E-state index is 0.518. The zero-order valence-electron chi connectivity index (χ0n) is 12.6. The number of nitrogens with zero attached hydrogens (tertiary/aromatic N) is 5. The summed E-state index contributed by atoms with van der Waals surface area (Å²) in [5.74, 6) is 2.37. The van der Waals surface area contributed by atoms with Gasteiger partial charge in [0, 0.05) is 51.7 Å². The third-order valence-corrected chi connectivity index (χ3v) is 3.96. The van der Waals surface area contributed by atoms with Crippen LogP contribution in [0, 0.1) is 0 Å². The van der Waals surface area contributed by atoms with Gasteiger partial charge in [-0.15, -0.1) is 0 Å². The van der Waals surface area contributed by atoms with Crippen LogP contribution in [0.25, 0.3) is 0 Å². The third-order valence-electron chi connectivity index (χ3n) is 3.96. The highest BCUT2D eigenvalue weighted by Crippen LogP contribution is 2.29. The summed E-state index contributed by atoms with van der Waals surface area (Å²) >= 11 is 0. The molecule has 2 aromatic rings. The maximum atomic E-state index is 4.40. The number of hydrogen-bond donors (Lipinski definition) is 0. The smallest absolute Gasteiger partial charge is 0.225 e. The van der Waals surface area contributed by atoms with Crippen LogP contribution in [0.3, 0.4) is 0 Å². The molecule has 5 nitrogen and oxygen atoms in total. The molecule has 5 heteroatoms. The van der Waals surface area contributed by atoms with Gasteiger partial charge < -0.3 is 9.80 Å². The van der Waals surface area contributed by atoms with E-state index in [0.29, 0.717) is 5.92 Å². The molecule has 1 aliphatic rings. The van der Waals surface area contributed by atoms with Crippen molar-refractivity contribution in [1.82, 2.24) is 15.0 Å². The maximum Gasteiger partial charge on any atom is 0.225 e. The molecule has 0 N–H and O–H groups in total. The van der Waals surface area contributed by atoms with Crippen molar-refractivity contribution in [3.63, 3.8) is 0 Å². The molecule has 21 heavy (non-hydrogen) atoms. The molecule has 1 aliphatic heterocycles. The molecule has 0 aromatic carbocycles. The van der Waals surface area contributed by atoms with E-state index in [1.54, 1.807) is 0 Å². The van der Waals surface area contributed by atoms with E-state index >= 15 is 0 Å². The number of rotatable bonds is 3. The molecular weight excluding hydrogens is 262 g/mol. The lowest BCUT2D eigenvalue weighted by Gasteiger charge is -2.33. The van der Waals surface area contributed by atoms with Crippen LogP contribution in [0.2, 0.25) is 0 Å². The van der Waals surface area contributed by atoms with Gasteiger partial charge in [0.25, 0.3) is 0 Å². The summed E-state index contributed by atoms with van der Waals surface area (Å²) < 4.78 is 0. The van der Waals surface area contributed by atoms with Crippen LogP contribution in [-0.4, -0.2) is 42.1 Å². The van der Waals surface area contributed by atoms with Gasteiger partial charge in [0.05, 0.1) is 0 Å². The second-order valence-electron chi connectivity index (χ2n) is 5.68. The van der Waals surface area contributed by atoms with E-state index in [-0.39, 0.29) is 0 Å². The predicted molar refractivity (Wildman–Crippen MR) is 84.8 cm³/mol. The summed E-state index contributed by atoms with van der Waals surface area (Å²) in [5.41, 5.74) is 1.36. The zero-order valence-corrected chi connectivity index (χ0v) is 12.6. The molecule has 0 bridgehead atoms. The Balaban J connectivity index is 1.78. The zero-order chi connectivity index (χ0) is 14.7. The summed E-state index contributed by atoms with van der Waals surface area (Å²) in [6, 6.07) is 6.18. The fourth-order valence-corrected chi connectivity index (χ4v) is 2.82. The van der Waals surface area contributed by atoms with Crippen molar-refractivity contribution >= 4 is 11.8 Å². The van der Waals surface area contributed by atoms with Gasteiger partial charge in [0.2, 0.25) is 5.95 Å². The number of aromatic nitrogens is 3. The van der Waals surface area contributed by atoms with Crippen molar-refractivity contribution in [3.05, 3.63) is 42.4 Å². The monoisotopic (exact) mass is 283 g/mol. The van der Waals surface area contributed by atoms with E-state index in [0.717, 1.165) is 24.9 Å². The number of piperidine rings is 1. The molecule has 110 valence electrons. The van der Waals surface area contributed by atoms with Crippen LogP contribution in [0.1, 0.15) is 24.3 Å². The van der Waals surface area contributed by atoms with E-state index in [2.05, 4.69) is 32.0 Å². The first-order chi connectivity index (χ1) is 10.2. The number of pyridine rings is 1. The van der Waals surface area contributed by atoms with Crippen molar-refractivity contribution in [2.24, 2.45) is 0 Å². The predicted octanol–water partition coefficient (Wildman–Crippen LogP) is 2.32. The molecule has 0 saturated carbocycles. The second kappa shape index (κ2) is 6.08. The first-order valence-corrected chi connectivity index (χ1v) is 7.39. The van der Waals surface area contributed by atoms with Gasteiger partial charge in [-0.2, -0.15) is 0 Å². The van der Waals surface area contributed by atoms with Gasteiger partial charge in [0.1, 0.15) is 5.82 Å². The summed E-state index contributed by atoms with van der Waals surface area (Å²) in [6.07, 6.45) is 7.90. The maximum absolute atomic E-state index is 4.40. The molecule has 0 spiro atoms. The molecular formula is C16H21N5. The average molecular weight is 283 g/mol. The lowest BCUT2D eigenvalue weighted by atomic mass is 9.91. The van der Waals surface area contributed by atoms with Crippen molar-refractivity contribution < 1.29 is 0 Å². The highest BCUT2D eigenvalue weighted by atomic mass is 15.2. The SMILES string of the molecule is CN(C)c1cc([C@@H]2CCCN(c3ncccn3)C2)ccn1. The Labute approximate surface area is 125 Å². The minimum Gasteiger partial charge on any atom is -0.363 e. The Bertz CT molecular complexity index is 584. The largest absolute Gasteiger partial charge is 0.363 e. The van der Waals surface area contributed by atoms with E-state index in [1.165, 1.54) is 18.4 Å². The lowest BCUT2D eigenvalue weighted by molar-refractivity contribution is 0.503. The third kappa shape index (κ3) is 3.12. The van der Waals surface area contributed by atoms with Crippen molar-refractivity contribution in [1.29, 1.82) is 0 Å². The van der Waals surface area contributed by atoms with Crippen LogP contribution in [0.15, 0.2) is 36.8 Å². The van der Waals surface area contributed by atoms with Crippen molar-refractivity contribution in [2.75, 3.05) is 37.0 Å². The summed E-state index contributed by atoms with van der Waals surface area (Å²) in [6.45, 7) is 2.01. The first-order valence-electron chi connectivity index (χ1n) is 7.39. The molecule has 0 unspecified atom stereocenters. The topological polar surface area (TPSA) is 45.2 Å². The minimum atomic E-state index is 0.518. The number of anilines is 2. The standard InChI is InChI=1S/C16H21N5/c1-20(2)15-11-13(6-9-17-15)14-5-3-10-21(12-14)16-18-7-4-8-19-16/h4,6-9,11,14H,3,5,10,12H2,1-2H3/t14-/m1/s1. The Morgan fingerprint density at radius 2 is 1.95 bits per heavy atom. The van der Waals surface area contributed by atoms with E-state index < -0.39 is 0 Å². The normalized spacial score (nSPS) is 18.6. The molecule has 1 saturated heterocycles. The summed E-state index contributed by atoms with van der Waals surface area (Å²) in [4.78, 5) is 17.5. The molecule has 0 aliphatic carbocycles. The second-order valence-corrected chi connectivity index (χ2v) is 5.68. The van der Waals surface area contributed by atoms with Crippen LogP contribution < -0.4 is 9.80 Å². The molecule has 0 amide bonds. The van der Waals surface area contributed by atoms with E-state index in [1.807, 2.05) is 43.7 Å². The lowest BCUT2D eigenvalue weighted by Crippen LogP contribution is -2.35. The van der Waals surface area contributed by atoms with Gasteiger partial charge in [-0.1, -0.05) is 0 Å². The number of hydrogen-bond acceptors (Lipinski definition) is 5. The van der Waals surface area contributed by atoms with Gasteiger partial charge in [-0.3, -0.25) is 0 Å². The Kier molecular flexibility index (Phi) is 3.99. The Hall–Kier alpha value is -2.17. The van der Waals surface area contributed by atoms with Gasteiger partial charge in [0.15, 0.2) is 0 Å². The van der Waals surface area contributed by atoms with Crippen LogP contribution >= 0.6 is 0 Å². The van der Waals surface area contributed by atoms with Crippen LogP contribution in [-0.2, 0) is 0 Å². The van der Waals surface area contributed by atoms with Gasteiger partial charge in [-0.25, -0.2) is 15.0 Å². The van der Waals surface area contributed by atoms with E-state index in [9.17, 15) is 0 Å². The molecule has 0 radical (unpaired) electrons. The molecule has 3 heterocycles. The highest BCUT2D eigenvalue weighted by Gasteiger charge is 2.23. The average Bonchev–Trinajstić information content (AvgIpc) is 2.56. The molecule has 2 aromatic heterocycles. The van der Waals surface area contributed by atoms with Crippen LogP contribution in [0.4, 0.5) is 11.8 Å². The Morgan fingerprint density at radius 3 is 2.71 bits per heavy atom. The quantitative estimate of drug-likeness (QED) is 0.865. The van der Waals surface area contributed by atoms with Gasteiger partial charge >= 0.3 is 0 Å². The van der Waals surface area contributed by atoms with Crippen molar-refractivity contribution in [2.45, 2.75) is 18.8 Å². The Morgan fingerprint density at radius 1 is 1.14 bits per heavy atom. The molecule has 1 fully saturated rings. The summed E-state index contributed by atoms with van der Waals surface area (Å²) in [5, 5.41) is 0. The first kappa shape index (κ1) is 13.8.